The predicted molar refractivity (Wildman–Crippen MR) is 63.8 cm³/mol. The first kappa shape index (κ1) is 12.6. The number of carbonyl (C=O) groups is 1. The Kier molecular flexibility index (Phi) is 3.66. The van der Waals surface area contributed by atoms with Gasteiger partial charge in [0.25, 0.3) is 5.91 Å². The summed E-state index contributed by atoms with van der Waals surface area (Å²) in [6.07, 6.45) is 1.84. The van der Waals surface area contributed by atoms with Crippen molar-refractivity contribution in [1.29, 1.82) is 0 Å². The molecule has 1 aliphatic heterocycles. The van der Waals surface area contributed by atoms with E-state index in [4.69, 9.17) is 20.9 Å². The van der Waals surface area contributed by atoms with E-state index in [1.165, 1.54) is 6.07 Å². The summed E-state index contributed by atoms with van der Waals surface area (Å²) in [5.41, 5.74) is 10.7. The lowest BCUT2D eigenvalue weighted by Crippen LogP contribution is -2.18. The van der Waals surface area contributed by atoms with Crippen molar-refractivity contribution in [3.63, 3.8) is 0 Å². The number of amides is 1. The first-order valence-corrected chi connectivity index (χ1v) is 5.71. The Balaban J connectivity index is 2.11. The molecule has 0 aliphatic carbocycles. The Labute approximate surface area is 104 Å². The molecule has 98 valence electrons. The van der Waals surface area contributed by atoms with Crippen LogP contribution in [-0.4, -0.2) is 25.2 Å². The van der Waals surface area contributed by atoms with E-state index in [1.807, 2.05) is 0 Å². The third-order valence-electron chi connectivity index (χ3n) is 2.82. The second-order valence-electron chi connectivity index (χ2n) is 4.18. The Bertz CT molecular complexity index is 459. The summed E-state index contributed by atoms with van der Waals surface area (Å²) < 4.78 is 24.2. The van der Waals surface area contributed by atoms with Crippen LogP contribution < -0.4 is 16.2 Å². The van der Waals surface area contributed by atoms with Crippen LogP contribution in [-0.2, 0) is 4.74 Å². The number of benzene rings is 1. The van der Waals surface area contributed by atoms with E-state index in [9.17, 15) is 9.18 Å². The van der Waals surface area contributed by atoms with Crippen molar-refractivity contribution in [1.82, 2.24) is 0 Å². The van der Waals surface area contributed by atoms with E-state index in [1.54, 1.807) is 0 Å². The number of rotatable bonds is 4. The zero-order valence-electron chi connectivity index (χ0n) is 9.82. The summed E-state index contributed by atoms with van der Waals surface area (Å²) >= 11 is 0. The van der Waals surface area contributed by atoms with Crippen molar-refractivity contribution in [3.05, 3.63) is 23.5 Å². The largest absolute Gasteiger partial charge is 0.488 e. The van der Waals surface area contributed by atoms with Gasteiger partial charge in [0.05, 0.1) is 11.7 Å². The molecule has 1 fully saturated rings. The quantitative estimate of drug-likeness (QED) is 0.786. The topological polar surface area (TPSA) is 87.6 Å². The Morgan fingerprint density at radius 1 is 1.56 bits per heavy atom. The van der Waals surface area contributed by atoms with Crippen LogP contribution in [0.5, 0.6) is 5.75 Å². The molecular weight excluding hydrogens is 239 g/mol. The fourth-order valence-electron chi connectivity index (χ4n) is 1.85. The highest BCUT2D eigenvalue weighted by Gasteiger charge is 2.18. The minimum atomic E-state index is -0.713. The summed E-state index contributed by atoms with van der Waals surface area (Å²) in [6.45, 7) is 0.948. The normalized spacial score (nSPS) is 18.8. The van der Waals surface area contributed by atoms with Gasteiger partial charge < -0.3 is 20.9 Å². The Morgan fingerprint density at radius 3 is 2.94 bits per heavy atom. The fraction of sp³-hybridized carbons (Fsp3) is 0.417. The summed E-state index contributed by atoms with van der Waals surface area (Å²) in [6, 6.07) is 2.26. The molecule has 1 aromatic rings. The number of nitrogen functional groups attached to an aromatic ring is 1. The number of primary amides is 1. The van der Waals surface area contributed by atoms with Crippen LogP contribution in [0.15, 0.2) is 12.1 Å². The maximum Gasteiger partial charge on any atom is 0.250 e. The second kappa shape index (κ2) is 5.22. The van der Waals surface area contributed by atoms with Crippen LogP contribution in [0.1, 0.15) is 23.2 Å². The highest BCUT2D eigenvalue weighted by molar-refractivity contribution is 5.98. The summed E-state index contributed by atoms with van der Waals surface area (Å²) in [5, 5.41) is 0. The molecule has 0 radical (unpaired) electrons. The molecule has 5 nitrogen and oxygen atoms in total. The molecule has 0 saturated carbocycles. The molecule has 0 bridgehead atoms. The highest BCUT2D eigenvalue weighted by atomic mass is 19.1. The smallest absolute Gasteiger partial charge is 0.250 e. The number of hydrogen-bond acceptors (Lipinski definition) is 4. The molecule has 2 rings (SSSR count). The molecule has 1 amide bonds. The van der Waals surface area contributed by atoms with Crippen LogP contribution >= 0.6 is 0 Å². The van der Waals surface area contributed by atoms with Gasteiger partial charge in [0.1, 0.15) is 6.61 Å². The minimum absolute atomic E-state index is 0.00414. The average Bonchev–Trinajstić information content (AvgIpc) is 2.80. The number of halogens is 1. The van der Waals surface area contributed by atoms with Crippen LogP contribution in [0.4, 0.5) is 10.1 Å². The van der Waals surface area contributed by atoms with Gasteiger partial charge in [0.15, 0.2) is 11.6 Å². The number of carbonyl (C=O) groups excluding carboxylic acids is 1. The van der Waals surface area contributed by atoms with Crippen molar-refractivity contribution >= 4 is 11.6 Å². The van der Waals surface area contributed by atoms with Crippen molar-refractivity contribution in [2.24, 2.45) is 5.73 Å². The number of hydrogen-bond donors (Lipinski definition) is 2. The molecule has 1 aromatic carbocycles. The first-order valence-electron chi connectivity index (χ1n) is 5.71. The summed E-state index contributed by atoms with van der Waals surface area (Å²) in [4.78, 5) is 11.1. The standard InChI is InChI=1S/C12H15FN2O3/c13-9-5-10(14)8(12(15)16)4-11(9)18-6-7-2-1-3-17-7/h4-5,7H,1-3,6,14H2,(H2,15,16). The van der Waals surface area contributed by atoms with Crippen LogP contribution in [0.2, 0.25) is 0 Å². The third-order valence-corrected chi connectivity index (χ3v) is 2.82. The summed E-state index contributed by atoms with van der Waals surface area (Å²) in [5.74, 6) is -1.36. The molecule has 1 atom stereocenters. The monoisotopic (exact) mass is 254 g/mol. The van der Waals surface area contributed by atoms with E-state index in [0.717, 1.165) is 18.9 Å². The third kappa shape index (κ3) is 2.70. The molecule has 4 N–H and O–H groups in total. The Hall–Kier alpha value is -1.82. The first-order chi connectivity index (χ1) is 8.58. The molecule has 0 aromatic heterocycles. The van der Waals surface area contributed by atoms with Gasteiger partial charge in [0.2, 0.25) is 0 Å². The molecule has 6 heteroatoms. The van der Waals surface area contributed by atoms with E-state index in [0.29, 0.717) is 6.61 Å². The van der Waals surface area contributed by atoms with Crippen LogP contribution in [0.25, 0.3) is 0 Å². The van der Waals surface area contributed by atoms with E-state index < -0.39 is 11.7 Å². The van der Waals surface area contributed by atoms with E-state index in [2.05, 4.69) is 0 Å². The SMILES string of the molecule is NC(=O)c1cc(OCC2CCCO2)c(F)cc1N. The van der Waals surface area contributed by atoms with E-state index in [-0.39, 0.29) is 29.7 Å². The highest BCUT2D eigenvalue weighted by Crippen LogP contribution is 2.25. The van der Waals surface area contributed by atoms with Crippen molar-refractivity contribution in [3.8, 4) is 5.75 Å². The lowest BCUT2D eigenvalue weighted by Gasteiger charge is -2.13. The molecule has 0 spiro atoms. The predicted octanol–water partition coefficient (Wildman–Crippen LogP) is 1.06. The van der Waals surface area contributed by atoms with Gasteiger partial charge >= 0.3 is 0 Å². The van der Waals surface area contributed by atoms with Gasteiger partial charge in [-0.1, -0.05) is 0 Å². The Morgan fingerprint density at radius 2 is 2.33 bits per heavy atom. The molecule has 1 aliphatic rings. The molecule has 18 heavy (non-hydrogen) atoms. The maximum absolute atomic E-state index is 13.6. The fourth-order valence-corrected chi connectivity index (χ4v) is 1.85. The van der Waals surface area contributed by atoms with Gasteiger partial charge in [0, 0.05) is 18.4 Å². The minimum Gasteiger partial charge on any atom is -0.488 e. The lowest BCUT2D eigenvalue weighted by atomic mass is 10.1. The zero-order chi connectivity index (χ0) is 13.1. The molecule has 1 saturated heterocycles. The van der Waals surface area contributed by atoms with Gasteiger partial charge in [-0.25, -0.2) is 4.39 Å². The average molecular weight is 254 g/mol. The van der Waals surface area contributed by atoms with Gasteiger partial charge in [-0.15, -0.1) is 0 Å². The summed E-state index contributed by atoms with van der Waals surface area (Å²) in [7, 11) is 0. The number of ether oxygens (including phenoxy) is 2. The zero-order valence-corrected chi connectivity index (χ0v) is 9.82. The molecule has 1 unspecified atom stereocenters. The lowest BCUT2D eigenvalue weighted by molar-refractivity contribution is 0.0665. The second-order valence-corrected chi connectivity index (χ2v) is 4.18. The van der Waals surface area contributed by atoms with Gasteiger partial charge in [-0.05, 0) is 18.9 Å². The molecule has 1 heterocycles. The maximum atomic E-state index is 13.6. The number of anilines is 1. The molecular formula is C12H15FN2O3. The van der Waals surface area contributed by atoms with Crippen molar-refractivity contribution in [2.45, 2.75) is 18.9 Å². The van der Waals surface area contributed by atoms with Gasteiger partial charge in [-0.2, -0.15) is 0 Å². The van der Waals surface area contributed by atoms with Crippen LogP contribution in [0, 0.1) is 5.82 Å². The van der Waals surface area contributed by atoms with Crippen LogP contribution in [0.3, 0.4) is 0 Å². The number of nitrogens with two attached hydrogens (primary N) is 2. The van der Waals surface area contributed by atoms with E-state index >= 15 is 0 Å². The van der Waals surface area contributed by atoms with Crippen molar-refractivity contribution in [2.75, 3.05) is 18.9 Å². The van der Waals surface area contributed by atoms with Crippen molar-refractivity contribution < 1.29 is 18.7 Å². The van der Waals surface area contributed by atoms with Gasteiger partial charge in [-0.3, -0.25) is 4.79 Å².